The maximum atomic E-state index is 13.7. The second-order valence-electron chi connectivity index (χ2n) is 4.47. The Balaban J connectivity index is 2.02. The van der Waals surface area contributed by atoms with Crippen molar-refractivity contribution in [3.63, 3.8) is 0 Å². The van der Waals surface area contributed by atoms with Crippen molar-refractivity contribution in [1.29, 1.82) is 0 Å². The Hall–Kier alpha value is -0.0600. The molecule has 94 valence electrons. The zero-order valence-electron chi connectivity index (χ0n) is 9.88. The van der Waals surface area contributed by atoms with Crippen LogP contribution in [-0.4, -0.2) is 17.5 Å². The second kappa shape index (κ2) is 6.21. The molecular formula is C13H17BrFNS. The molecule has 1 saturated heterocycles. The molecule has 17 heavy (non-hydrogen) atoms. The Bertz CT molecular complexity index is 380. The van der Waals surface area contributed by atoms with Crippen LogP contribution in [0.5, 0.6) is 0 Å². The van der Waals surface area contributed by atoms with Crippen LogP contribution in [0.25, 0.3) is 0 Å². The van der Waals surface area contributed by atoms with E-state index in [4.69, 9.17) is 0 Å². The molecule has 0 bridgehead atoms. The molecule has 1 aromatic rings. The predicted molar refractivity (Wildman–Crippen MR) is 76.0 cm³/mol. The Labute approximate surface area is 115 Å². The van der Waals surface area contributed by atoms with Crippen molar-refractivity contribution in [3.8, 4) is 0 Å². The first-order valence-corrected chi connectivity index (χ1v) is 7.90. The van der Waals surface area contributed by atoms with Crippen LogP contribution in [0.15, 0.2) is 22.7 Å². The van der Waals surface area contributed by atoms with Gasteiger partial charge in [0.25, 0.3) is 0 Å². The minimum Gasteiger partial charge on any atom is -0.307 e. The number of thioether (sulfide) groups is 1. The lowest BCUT2D eigenvalue weighted by molar-refractivity contribution is 0.440. The summed E-state index contributed by atoms with van der Waals surface area (Å²) in [6.45, 7) is 2.03. The van der Waals surface area contributed by atoms with Crippen LogP contribution in [0.4, 0.5) is 4.39 Å². The predicted octanol–water partition coefficient (Wildman–Crippen LogP) is 4.13. The molecule has 1 aliphatic rings. The van der Waals surface area contributed by atoms with Crippen LogP contribution >= 0.6 is 27.7 Å². The molecule has 1 aromatic carbocycles. The van der Waals surface area contributed by atoms with E-state index in [-0.39, 0.29) is 11.9 Å². The van der Waals surface area contributed by atoms with Gasteiger partial charge in [-0.1, -0.05) is 15.9 Å². The van der Waals surface area contributed by atoms with Gasteiger partial charge < -0.3 is 5.32 Å². The van der Waals surface area contributed by atoms with Crippen molar-refractivity contribution in [1.82, 2.24) is 5.32 Å². The molecule has 0 aliphatic carbocycles. The van der Waals surface area contributed by atoms with Crippen LogP contribution in [0.1, 0.15) is 31.4 Å². The Morgan fingerprint density at radius 3 is 3.06 bits per heavy atom. The summed E-state index contributed by atoms with van der Waals surface area (Å²) >= 11 is 5.37. The molecule has 2 atom stereocenters. The normalized spacial score (nSPS) is 22.4. The minimum absolute atomic E-state index is 0.0659. The number of hydrogen-bond donors (Lipinski definition) is 1. The van der Waals surface area contributed by atoms with Crippen molar-refractivity contribution in [2.24, 2.45) is 0 Å². The Morgan fingerprint density at radius 2 is 2.35 bits per heavy atom. The smallest absolute Gasteiger partial charge is 0.128 e. The first kappa shape index (κ1) is 13.4. The fraction of sp³-hybridized carbons (Fsp3) is 0.538. The van der Waals surface area contributed by atoms with E-state index in [0.29, 0.717) is 6.04 Å². The van der Waals surface area contributed by atoms with Gasteiger partial charge in [-0.15, -0.1) is 0 Å². The second-order valence-corrected chi connectivity index (χ2v) is 6.53. The molecule has 4 heteroatoms. The van der Waals surface area contributed by atoms with E-state index in [1.807, 2.05) is 24.8 Å². The van der Waals surface area contributed by atoms with E-state index in [9.17, 15) is 4.39 Å². The number of hydrogen-bond acceptors (Lipinski definition) is 2. The molecule has 0 aromatic heterocycles. The van der Waals surface area contributed by atoms with Crippen LogP contribution in [0, 0.1) is 5.82 Å². The van der Waals surface area contributed by atoms with Gasteiger partial charge >= 0.3 is 0 Å². The third kappa shape index (κ3) is 3.70. The zero-order chi connectivity index (χ0) is 12.3. The van der Waals surface area contributed by atoms with Gasteiger partial charge in [-0.3, -0.25) is 0 Å². The van der Waals surface area contributed by atoms with E-state index in [1.165, 1.54) is 24.7 Å². The topological polar surface area (TPSA) is 12.0 Å². The van der Waals surface area contributed by atoms with Crippen molar-refractivity contribution < 1.29 is 4.39 Å². The number of halogens is 2. The van der Waals surface area contributed by atoms with Gasteiger partial charge in [-0.05, 0) is 43.7 Å². The van der Waals surface area contributed by atoms with E-state index in [2.05, 4.69) is 21.2 Å². The lowest BCUT2D eigenvalue weighted by atomic mass is 10.1. The summed E-state index contributed by atoms with van der Waals surface area (Å²) < 4.78 is 14.6. The van der Waals surface area contributed by atoms with Crippen molar-refractivity contribution in [3.05, 3.63) is 34.1 Å². The van der Waals surface area contributed by atoms with Crippen molar-refractivity contribution >= 4 is 27.7 Å². The van der Waals surface area contributed by atoms with Gasteiger partial charge in [-0.25, -0.2) is 4.39 Å². The summed E-state index contributed by atoms with van der Waals surface area (Å²) in [5.41, 5.74) is 0.745. The molecule has 0 amide bonds. The molecule has 2 unspecified atom stereocenters. The molecular weight excluding hydrogens is 301 g/mol. The molecule has 0 saturated carbocycles. The first-order chi connectivity index (χ1) is 8.16. The monoisotopic (exact) mass is 317 g/mol. The molecule has 1 N–H and O–H groups in total. The molecule has 0 radical (unpaired) electrons. The summed E-state index contributed by atoms with van der Waals surface area (Å²) in [6, 6.07) is 5.71. The quantitative estimate of drug-likeness (QED) is 0.899. The molecule has 1 nitrogen and oxygen atoms in total. The summed E-state index contributed by atoms with van der Waals surface area (Å²) in [5, 5.41) is 3.52. The zero-order valence-corrected chi connectivity index (χ0v) is 12.3. The number of benzene rings is 1. The highest BCUT2D eigenvalue weighted by atomic mass is 79.9. The maximum absolute atomic E-state index is 13.7. The highest BCUT2D eigenvalue weighted by Gasteiger charge is 2.18. The third-order valence-electron chi connectivity index (χ3n) is 3.07. The average molecular weight is 318 g/mol. The van der Waals surface area contributed by atoms with Gasteiger partial charge in [0.15, 0.2) is 0 Å². The first-order valence-electron chi connectivity index (χ1n) is 5.95. The lowest BCUT2D eigenvalue weighted by Gasteiger charge is -2.26. The maximum Gasteiger partial charge on any atom is 0.128 e. The van der Waals surface area contributed by atoms with Crippen LogP contribution < -0.4 is 5.32 Å². The summed E-state index contributed by atoms with van der Waals surface area (Å²) in [7, 11) is 0. The van der Waals surface area contributed by atoms with Gasteiger partial charge in [0.05, 0.1) is 0 Å². The summed E-state index contributed by atoms with van der Waals surface area (Å²) in [4.78, 5) is 0. The molecule has 2 rings (SSSR count). The van der Waals surface area contributed by atoms with Gasteiger partial charge in [0.2, 0.25) is 0 Å². The van der Waals surface area contributed by atoms with Crippen molar-refractivity contribution in [2.75, 3.05) is 11.5 Å². The highest BCUT2D eigenvalue weighted by Crippen LogP contribution is 2.24. The summed E-state index contributed by atoms with van der Waals surface area (Å²) in [5.74, 6) is 2.27. The highest BCUT2D eigenvalue weighted by molar-refractivity contribution is 9.10. The molecule has 1 fully saturated rings. The van der Waals surface area contributed by atoms with E-state index in [0.717, 1.165) is 15.8 Å². The molecule has 0 spiro atoms. The number of rotatable bonds is 3. The van der Waals surface area contributed by atoms with E-state index >= 15 is 0 Å². The average Bonchev–Trinajstić information content (AvgIpc) is 2.33. The fourth-order valence-corrected chi connectivity index (χ4v) is 3.63. The van der Waals surface area contributed by atoms with Crippen LogP contribution in [-0.2, 0) is 0 Å². The Kier molecular flexibility index (Phi) is 4.88. The summed E-state index contributed by atoms with van der Waals surface area (Å²) in [6.07, 6.45) is 2.46. The van der Waals surface area contributed by atoms with Gasteiger partial charge in [0.1, 0.15) is 5.82 Å². The lowest BCUT2D eigenvalue weighted by Crippen LogP contribution is -2.35. The largest absolute Gasteiger partial charge is 0.307 e. The SMILES string of the molecule is CC(NC1CCCSC1)c1cc(Br)ccc1F. The van der Waals surface area contributed by atoms with Crippen LogP contribution in [0.2, 0.25) is 0 Å². The number of nitrogens with one attached hydrogen (secondary N) is 1. The van der Waals surface area contributed by atoms with Crippen molar-refractivity contribution in [2.45, 2.75) is 31.8 Å². The van der Waals surface area contributed by atoms with Gasteiger partial charge in [-0.2, -0.15) is 11.8 Å². The third-order valence-corrected chi connectivity index (χ3v) is 4.78. The van der Waals surface area contributed by atoms with Gasteiger partial charge in [0, 0.05) is 27.9 Å². The fourth-order valence-electron chi connectivity index (χ4n) is 2.16. The molecule has 1 aliphatic heterocycles. The van der Waals surface area contributed by atoms with E-state index < -0.39 is 0 Å². The Morgan fingerprint density at radius 1 is 1.53 bits per heavy atom. The van der Waals surface area contributed by atoms with Crippen LogP contribution in [0.3, 0.4) is 0 Å². The minimum atomic E-state index is -0.128. The standard InChI is InChI=1S/C13H17BrFNS/c1-9(16-11-3-2-6-17-8-11)12-7-10(14)4-5-13(12)15/h4-5,7,9,11,16H,2-3,6,8H2,1H3. The molecule has 1 heterocycles. The van der Waals surface area contributed by atoms with E-state index in [1.54, 1.807) is 6.07 Å².